The molecule has 2 aliphatic rings. The molecule has 0 aromatic carbocycles. The Morgan fingerprint density at radius 3 is 2.52 bits per heavy atom. The van der Waals surface area contributed by atoms with Gasteiger partial charge in [0.05, 0.1) is 25.2 Å². The molecule has 0 bridgehead atoms. The minimum absolute atomic E-state index is 0.362. The number of anilines is 1. The van der Waals surface area contributed by atoms with Crippen LogP contribution < -0.4 is 4.90 Å². The van der Waals surface area contributed by atoms with Crippen molar-refractivity contribution in [3.05, 3.63) is 17.1 Å². The summed E-state index contributed by atoms with van der Waals surface area (Å²) < 4.78 is 30.5. The van der Waals surface area contributed by atoms with Crippen LogP contribution in [0.15, 0.2) is 0 Å². The fourth-order valence-corrected chi connectivity index (χ4v) is 3.60. The first kappa shape index (κ1) is 14.7. The highest BCUT2D eigenvalue weighted by Crippen LogP contribution is 2.28. The molecule has 0 saturated carbocycles. The smallest absolute Gasteiger partial charge is 0.211 e. The number of morpholine rings is 1. The molecule has 0 N–H and O–H groups in total. The third kappa shape index (κ3) is 3.02. The molecule has 0 amide bonds. The second kappa shape index (κ2) is 5.51. The average molecular weight is 312 g/mol. The van der Waals surface area contributed by atoms with E-state index >= 15 is 0 Å². The Hall–Kier alpha value is -1.25. The van der Waals surface area contributed by atoms with Crippen LogP contribution in [0.5, 0.6) is 0 Å². The molecule has 0 unspecified atom stereocenters. The molecule has 0 aliphatic carbocycles. The Morgan fingerprint density at radius 2 is 1.86 bits per heavy atom. The number of nitrogens with zero attached hydrogens (tertiary/aromatic N) is 4. The lowest BCUT2D eigenvalue weighted by Crippen LogP contribution is -2.41. The molecule has 1 aromatic heterocycles. The monoisotopic (exact) mass is 312 g/mol. The largest absolute Gasteiger partial charge is 0.378 e. The molecule has 8 heteroatoms. The molecule has 3 heterocycles. The lowest BCUT2D eigenvalue weighted by molar-refractivity contribution is 0.122. The van der Waals surface area contributed by atoms with Gasteiger partial charge in [0.15, 0.2) is 0 Å². The number of aryl methyl sites for hydroxylation is 1. The Bertz CT molecular complexity index is 641. The molecule has 21 heavy (non-hydrogen) atoms. The van der Waals surface area contributed by atoms with Crippen LogP contribution >= 0.6 is 0 Å². The summed E-state index contributed by atoms with van der Waals surface area (Å²) in [6.45, 7) is 5.64. The van der Waals surface area contributed by atoms with Crippen molar-refractivity contribution < 1.29 is 13.2 Å². The predicted octanol–water partition coefficient (Wildman–Crippen LogP) is -0.0607. The van der Waals surface area contributed by atoms with E-state index in [9.17, 15) is 8.42 Å². The van der Waals surface area contributed by atoms with E-state index < -0.39 is 10.0 Å². The topological polar surface area (TPSA) is 75.6 Å². The summed E-state index contributed by atoms with van der Waals surface area (Å²) in [7, 11) is -3.19. The molecule has 3 rings (SSSR count). The van der Waals surface area contributed by atoms with Crippen LogP contribution in [-0.4, -0.2) is 61.8 Å². The zero-order chi connectivity index (χ0) is 15.0. The van der Waals surface area contributed by atoms with Gasteiger partial charge in [-0.05, 0) is 6.92 Å². The van der Waals surface area contributed by atoms with Gasteiger partial charge in [-0.3, -0.25) is 0 Å². The van der Waals surface area contributed by atoms with Crippen molar-refractivity contribution in [3.63, 3.8) is 0 Å². The van der Waals surface area contributed by atoms with Crippen molar-refractivity contribution in [3.8, 4) is 0 Å². The molecule has 1 saturated heterocycles. The van der Waals surface area contributed by atoms with Crippen LogP contribution in [0.25, 0.3) is 0 Å². The van der Waals surface area contributed by atoms with E-state index in [1.54, 1.807) is 0 Å². The number of hydrogen-bond acceptors (Lipinski definition) is 6. The lowest BCUT2D eigenvalue weighted by Gasteiger charge is -2.33. The zero-order valence-corrected chi connectivity index (χ0v) is 13.2. The Balaban J connectivity index is 1.99. The number of aromatic nitrogens is 2. The molecule has 0 atom stereocenters. The summed E-state index contributed by atoms with van der Waals surface area (Å²) in [6.07, 6.45) is 1.89. The van der Waals surface area contributed by atoms with Gasteiger partial charge in [-0.2, -0.15) is 4.31 Å². The van der Waals surface area contributed by atoms with Gasteiger partial charge in [0.25, 0.3) is 0 Å². The van der Waals surface area contributed by atoms with Crippen molar-refractivity contribution in [2.45, 2.75) is 19.9 Å². The first-order valence-corrected chi connectivity index (χ1v) is 8.94. The molecular weight excluding hydrogens is 292 g/mol. The summed E-state index contributed by atoms with van der Waals surface area (Å²) in [5, 5.41) is 0. The maximum Gasteiger partial charge on any atom is 0.211 e. The van der Waals surface area contributed by atoms with Gasteiger partial charge >= 0.3 is 0 Å². The summed E-state index contributed by atoms with van der Waals surface area (Å²) >= 11 is 0. The first-order chi connectivity index (χ1) is 9.95. The third-order valence-corrected chi connectivity index (χ3v) is 5.14. The molecular formula is C13H20N4O3S. The number of hydrogen-bond donors (Lipinski definition) is 0. The van der Waals surface area contributed by atoms with E-state index in [1.165, 1.54) is 10.6 Å². The van der Waals surface area contributed by atoms with Crippen molar-refractivity contribution in [1.82, 2.24) is 14.3 Å². The van der Waals surface area contributed by atoms with Gasteiger partial charge in [0, 0.05) is 38.2 Å². The molecule has 2 aliphatic heterocycles. The van der Waals surface area contributed by atoms with Crippen LogP contribution in [0.4, 0.5) is 5.82 Å². The quantitative estimate of drug-likeness (QED) is 0.761. The lowest BCUT2D eigenvalue weighted by atomic mass is 10.1. The zero-order valence-electron chi connectivity index (χ0n) is 12.4. The minimum atomic E-state index is -3.19. The van der Waals surface area contributed by atoms with Crippen LogP contribution in [0, 0.1) is 6.92 Å². The van der Waals surface area contributed by atoms with E-state index in [-0.39, 0.29) is 0 Å². The van der Waals surface area contributed by atoms with E-state index in [2.05, 4.69) is 14.9 Å². The summed E-state index contributed by atoms with van der Waals surface area (Å²) in [4.78, 5) is 11.2. The highest BCUT2D eigenvalue weighted by Gasteiger charge is 2.29. The normalized spacial score (nSPS) is 20.4. The van der Waals surface area contributed by atoms with Crippen molar-refractivity contribution in [2.24, 2.45) is 0 Å². The number of sulfonamides is 1. The van der Waals surface area contributed by atoms with E-state index in [0.717, 1.165) is 36.0 Å². The average Bonchev–Trinajstić information content (AvgIpc) is 2.46. The van der Waals surface area contributed by atoms with Gasteiger partial charge in [0.2, 0.25) is 10.0 Å². The molecule has 1 aromatic rings. The Kier molecular flexibility index (Phi) is 3.85. The second-order valence-electron chi connectivity index (χ2n) is 5.47. The SMILES string of the molecule is Cc1nc2c(c(N3CCOCC3)n1)CN(S(C)(=O)=O)CC2. The predicted molar refractivity (Wildman–Crippen MR) is 78.8 cm³/mol. The Morgan fingerprint density at radius 1 is 1.14 bits per heavy atom. The molecule has 116 valence electrons. The molecule has 0 radical (unpaired) electrons. The number of fused-ring (bicyclic) bond motifs is 1. The van der Waals surface area contributed by atoms with Crippen LogP contribution in [0.3, 0.4) is 0 Å². The van der Waals surface area contributed by atoms with Gasteiger partial charge in [-0.1, -0.05) is 0 Å². The van der Waals surface area contributed by atoms with Crippen LogP contribution in [0.2, 0.25) is 0 Å². The summed E-state index contributed by atoms with van der Waals surface area (Å²) in [5.41, 5.74) is 1.92. The molecule has 1 fully saturated rings. The highest BCUT2D eigenvalue weighted by molar-refractivity contribution is 7.88. The molecule has 7 nitrogen and oxygen atoms in total. The maximum absolute atomic E-state index is 11.8. The fourth-order valence-electron chi connectivity index (χ4n) is 2.81. The summed E-state index contributed by atoms with van der Waals surface area (Å²) in [6, 6.07) is 0. The van der Waals surface area contributed by atoms with Gasteiger partial charge in [0.1, 0.15) is 11.6 Å². The number of rotatable bonds is 2. The summed E-state index contributed by atoms with van der Waals surface area (Å²) in [5.74, 6) is 1.61. The standard InChI is InChI=1S/C13H20N4O3S/c1-10-14-12-3-4-17(21(2,18)19)9-11(12)13(15-10)16-5-7-20-8-6-16/h3-9H2,1-2H3. The van der Waals surface area contributed by atoms with Crippen molar-refractivity contribution >= 4 is 15.8 Å². The number of ether oxygens (including phenoxy) is 1. The van der Waals surface area contributed by atoms with E-state index in [0.29, 0.717) is 32.7 Å². The first-order valence-electron chi connectivity index (χ1n) is 7.09. The van der Waals surface area contributed by atoms with Crippen molar-refractivity contribution in [1.29, 1.82) is 0 Å². The second-order valence-corrected chi connectivity index (χ2v) is 7.45. The third-order valence-electron chi connectivity index (χ3n) is 3.89. The van der Waals surface area contributed by atoms with Gasteiger partial charge in [-0.25, -0.2) is 18.4 Å². The van der Waals surface area contributed by atoms with E-state index in [1.807, 2.05) is 6.92 Å². The van der Waals surface area contributed by atoms with E-state index in [4.69, 9.17) is 4.74 Å². The van der Waals surface area contributed by atoms with Crippen molar-refractivity contribution in [2.75, 3.05) is 44.0 Å². The Labute approximate surface area is 125 Å². The van der Waals surface area contributed by atoms with Gasteiger partial charge < -0.3 is 9.64 Å². The maximum atomic E-state index is 11.8. The highest BCUT2D eigenvalue weighted by atomic mass is 32.2. The van der Waals surface area contributed by atoms with Gasteiger partial charge in [-0.15, -0.1) is 0 Å². The molecule has 0 spiro atoms. The minimum Gasteiger partial charge on any atom is -0.378 e. The van der Waals surface area contributed by atoms with Crippen LogP contribution in [0.1, 0.15) is 17.1 Å². The fraction of sp³-hybridized carbons (Fsp3) is 0.692. The van der Waals surface area contributed by atoms with Crippen LogP contribution in [-0.2, 0) is 27.7 Å².